The fourth-order valence-electron chi connectivity index (χ4n) is 2.04. The third-order valence-electron chi connectivity index (χ3n) is 2.84. The van der Waals surface area contributed by atoms with Gasteiger partial charge in [0, 0.05) is 11.3 Å². The molecule has 3 rings (SSSR count). The van der Waals surface area contributed by atoms with Gasteiger partial charge in [0.1, 0.15) is 5.82 Å². The van der Waals surface area contributed by atoms with Gasteiger partial charge in [-0.15, -0.1) is 11.3 Å². The average molecular weight is 242 g/mol. The normalized spacial score (nSPS) is 11.2. The molecule has 0 atom stereocenters. The van der Waals surface area contributed by atoms with Gasteiger partial charge in [0.05, 0.1) is 11.0 Å². The van der Waals surface area contributed by atoms with E-state index < -0.39 is 0 Å². The van der Waals surface area contributed by atoms with Crippen molar-refractivity contribution in [1.29, 1.82) is 0 Å². The predicted octanol–water partition coefficient (Wildman–Crippen LogP) is 3.83. The number of hydrogen-bond donors (Lipinski definition) is 1. The van der Waals surface area contributed by atoms with E-state index in [0.717, 1.165) is 23.3 Å². The molecule has 2 aromatic heterocycles. The van der Waals surface area contributed by atoms with Crippen molar-refractivity contribution >= 4 is 22.4 Å². The molecule has 0 aliphatic heterocycles. The Bertz CT molecular complexity index is 664. The van der Waals surface area contributed by atoms with Gasteiger partial charge in [-0.2, -0.15) is 0 Å². The van der Waals surface area contributed by atoms with Crippen LogP contribution in [0.5, 0.6) is 0 Å². The van der Waals surface area contributed by atoms with Crippen LogP contribution in [0.15, 0.2) is 29.6 Å². The highest BCUT2D eigenvalue weighted by Gasteiger charge is 2.04. The second-order valence-corrected chi connectivity index (χ2v) is 5.56. The van der Waals surface area contributed by atoms with Crippen LogP contribution >= 0.6 is 11.3 Å². The van der Waals surface area contributed by atoms with Crippen LogP contribution in [0.2, 0.25) is 0 Å². The van der Waals surface area contributed by atoms with Crippen LogP contribution in [-0.2, 0) is 6.42 Å². The number of aromatic nitrogens is 2. The SMILES string of the molecule is Cc1ccc2nc(Cc3csc(C)c3)[nH]c2c1. The monoisotopic (exact) mass is 242 g/mol. The summed E-state index contributed by atoms with van der Waals surface area (Å²) in [5.41, 5.74) is 4.78. The van der Waals surface area contributed by atoms with Crippen LogP contribution in [0.1, 0.15) is 21.8 Å². The van der Waals surface area contributed by atoms with Crippen LogP contribution in [0, 0.1) is 13.8 Å². The van der Waals surface area contributed by atoms with Crippen LogP contribution in [0.25, 0.3) is 11.0 Å². The first-order chi connectivity index (χ1) is 8.20. The highest BCUT2D eigenvalue weighted by Crippen LogP contribution is 2.18. The minimum absolute atomic E-state index is 0.887. The number of hydrogen-bond acceptors (Lipinski definition) is 2. The van der Waals surface area contributed by atoms with Gasteiger partial charge >= 0.3 is 0 Å². The van der Waals surface area contributed by atoms with Crippen molar-refractivity contribution in [1.82, 2.24) is 9.97 Å². The summed E-state index contributed by atoms with van der Waals surface area (Å²) in [5.74, 6) is 1.04. The first-order valence-corrected chi connectivity index (χ1v) is 6.58. The summed E-state index contributed by atoms with van der Waals surface area (Å²) < 4.78 is 0. The van der Waals surface area contributed by atoms with Gasteiger partial charge in [0.25, 0.3) is 0 Å². The van der Waals surface area contributed by atoms with Crippen LogP contribution in [0.4, 0.5) is 0 Å². The van der Waals surface area contributed by atoms with Crippen molar-refractivity contribution < 1.29 is 0 Å². The minimum Gasteiger partial charge on any atom is -0.342 e. The quantitative estimate of drug-likeness (QED) is 0.727. The number of aromatic amines is 1. The zero-order chi connectivity index (χ0) is 11.8. The van der Waals surface area contributed by atoms with Crippen molar-refractivity contribution in [2.24, 2.45) is 0 Å². The van der Waals surface area contributed by atoms with Gasteiger partial charge in [-0.25, -0.2) is 4.98 Å². The Kier molecular flexibility index (Phi) is 2.48. The first kappa shape index (κ1) is 10.5. The lowest BCUT2D eigenvalue weighted by atomic mass is 10.2. The third-order valence-corrected chi connectivity index (χ3v) is 3.75. The number of benzene rings is 1. The lowest BCUT2D eigenvalue weighted by Crippen LogP contribution is -1.87. The maximum atomic E-state index is 4.61. The number of aryl methyl sites for hydroxylation is 2. The summed E-state index contributed by atoms with van der Waals surface area (Å²) in [7, 11) is 0. The van der Waals surface area contributed by atoms with Crippen LogP contribution < -0.4 is 0 Å². The molecule has 0 fully saturated rings. The summed E-state index contributed by atoms with van der Waals surface area (Å²) in [6.07, 6.45) is 0.887. The molecular formula is C14H14N2S. The van der Waals surface area contributed by atoms with Crippen molar-refractivity contribution in [3.05, 3.63) is 51.5 Å². The minimum atomic E-state index is 0.887. The van der Waals surface area contributed by atoms with Crippen molar-refractivity contribution in [2.45, 2.75) is 20.3 Å². The molecule has 2 heterocycles. The molecule has 2 nitrogen and oxygen atoms in total. The maximum absolute atomic E-state index is 4.61. The second-order valence-electron chi connectivity index (χ2n) is 4.45. The highest BCUT2D eigenvalue weighted by molar-refractivity contribution is 7.10. The Morgan fingerprint density at radius 3 is 2.88 bits per heavy atom. The number of thiophene rings is 1. The molecule has 0 saturated heterocycles. The molecule has 1 N–H and O–H groups in total. The van der Waals surface area contributed by atoms with Crippen molar-refractivity contribution in [3.63, 3.8) is 0 Å². The molecule has 3 heteroatoms. The molecule has 0 spiro atoms. The molecule has 0 amide bonds. The molecule has 86 valence electrons. The molecule has 17 heavy (non-hydrogen) atoms. The molecule has 1 aromatic carbocycles. The van der Waals surface area contributed by atoms with E-state index in [9.17, 15) is 0 Å². The maximum Gasteiger partial charge on any atom is 0.111 e. The van der Waals surface area contributed by atoms with Crippen molar-refractivity contribution in [3.8, 4) is 0 Å². The van der Waals surface area contributed by atoms with Crippen LogP contribution in [0.3, 0.4) is 0 Å². The highest BCUT2D eigenvalue weighted by atomic mass is 32.1. The van der Waals surface area contributed by atoms with E-state index in [4.69, 9.17) is 0 Å². The third kappa shape index (κ3) is 2.11. The van der Waals surface area contributed by atoms with E-state index in [0.29, 0.717) is 0 Å². The average Bonchev–Trinajstić information content (AvgIpc) is 2.84. The molecule has 0 unspecified atom stereocenters. The van der Waals surface area contributed by atoms with Gasteiger partial charge in [-0.3, -0.25) is 0 Å². The Balaban J connectivity index is 1.95. The van der Waals surface area contributed by atoms with Gasteiger partial charge in [-0.05, 0) is 48.6 Å². The number of rotatable bonds is 2. The van der Waals surface area contributed by atoms with Crippen molar-refractivity contribution in [2.75, 3.05) is 0 Å². The van der Waals surface area contributed by atoms with E-state index in [-0.39, 0.29) is 0 Å². The Morgan fingerprint density at radius 2 is 2.12 bits per heavy atom. The van der Waals surface area contributed by atoms with Gasteiger partial charge in [0.2, 0.25) is 0 Å². The zero-order valence-corrected chi connectivity index (χ0v) is 10.8. The molecule has 0 radical (unpaired) electrons. The van der Waals surface area contributed by atoms with E-state index in [2.05, 4.69) is 53.5 Å². The molecule has 0 aliphatic rings. The van der Waals surface area contributed by atoms with Gasteiger partial charge < -0.3 is 4.98 Å². The lowest BCUT2D eigenvalue weighted by molar-refractivity contribution is 1.04. The van der Waals surface area contributed by atoms with E-state index in [1.165, 1.54) is 16.0 Å². The largest absolute Gasteiger partial charge is 0.342 e. The molecule has 0 bridgehead atoms. The predicted molar refractivity (Wildman–Crippen MR) is 72.7 cm³/mol. The smallest absolute Gasteiger partial charge is 0.111 e. The Hall–Kier alpha value is -1.61. The zero-order valence-electron chi connectivity index (χ0n) is 9.95. The number of nitrogens with zero attached hydrogens (tertiary/aromatic N) is 1. The molecule has 0 saturated carbocycles. The van der Waals surface area contributed by atoms with Gasteiger partial charge in [0.15, 0.2) is 0 Å². The number of imidazole rings is 1. The standard InChI is InChI=1S/C14H14N2S/c1-9-3-4-12-13(5-9)16-14(15-12)7-11-6-10(2)17-8-11/h3-6,8H,7H2,1-2H3,(H,15,16). The number of fused-ring (bicyclic) bond motifs is 1. The topological polar surface area (TPSA) is 28.7 Å². The summed E-state index contributed by atoms with van der Waals surface area (Å²) in [6, 6.07) is 8.54. The van der Waals surface area contributed by atoms with E-state index in [1.54, 1.807) is 11.3 Å². The van der Waals surface area contributed by atoms with E-state index in [1.807, 2.05) is 0 Å². The lowest BCUT2D eigenvalue weighted by Gasteiger charge is -1.91. The summed E-state index contributed by atoms with van der Waals surface area (Å²) in [5, 5.41) is 2.20. The first-order valence-electron chi connectivity index (χ1n) is 5.70. The number of H-pyrrole nitrogens is 1. The summed E-state index contributed by atoms with van der Waals surface area (Å²) in [4.78, 5) is 9.35. The molecular weight excluding hydrogens is 228 g/mol. The number of nitrogens with one attached hydrogen (secondary N) is 1. The summed E-state index contributed by atoms with van der Waals surface area (Å²) in [6.45, 7) is 4.23. The van der Waals surface area contributed by atoms with Gasteiger partial charge in [-0.1, -0.05) is 6.07 Å². The van der Waals surface area contributed by atoms with E-state index >= 15 is 0 Å². The Morgan fingerprint density at radius 1 is 1.24 bits per heavy atom. The fraction of sp³-hybridized carbons (Fsp3) is 0.214. The molecule has 0 aliphatic carbocycles. The molecule has 3 aromatic rings. The van der Waals surface area contributed by atoms with Crippen LogP contribution in [-0.4, -0.2) is 9.97 Å². The Labute approximate surface area is 104 Å². The summed E-state index contributed by atoms with van der Waals surface area (Å²) >= 11 is 1.79. The fourth-order valence-corrected chi connectivity index (χ4v) is 2.75. The second kappa shape index (κ2) is 4.00.